The van der Waals surface area contributed by atoms with Crippen molar-refractivity contribution in [2.24, 2.45) is 0 Å². The summed E-state index contributed by atoms with van der Waals surface area (Å²) < 4.78 is 26.1. The first kappa shape index (κ1) is 27.1. The molecule has 184 valence electrons. The normalized spacial score (nSPS) is 10.0. The van der Waals surface area contributed by atoms with Crippen molar-refractivity contribution >= 4 is 30.0 Å². The Morgan fingerprint density at radius 3 is 1.64 bits per heavy atom. The van der Waals surface area contributed by atoms with E-state index >= 15 is 0 Å². The Kier molecular flexibility index (Phi) is 10.2. The van der Waals surface area contributed by atoms with E-state index < -0.39 is 23.9 Å². The molecule has 0 radical (unpaired) electrons. The van der Waals surface area contributed by atoms with Gasteiger partial charge in [-0.05, 0) is 35.9 Å². The highest BCUT2D eigenvalue weighted by molar-refractivity contribution is 5.86. The van der Waals surface area contributed by atoms with Gasteiger partial charge in [-0.25, -0.2) is 19.2 Å². The second kappa shape index (κ2) is 13.5. The molecule has 0 bridgehead atoms. The van der Waals surface area contributed by atoms with Gasteiger partial charge in [-0.3, -0.25) is 0 Å². The summed E-state index contributed by atoms with van der Waals surface area (Å²) in [5.74, 6) is -2.27. The van der Waals surface area contributed by atoms with E-state index in [1.807, 2.05) is 0 Å². The maximum Gasteiger partial charge on any atom is 0.335 e. The van der Waals surface area contributed by atoms with Crippen LogP contribution >= 0.6 is 0 Å². The van der Waals surface area contributed by atoms with Crippen molar-refractivity contribution in [3.05, 3.63) is 98.7 Å². The molecule has 0 saturated heterocycles. The number of ether oxygens (including phenoxy) is 5. The van der Waals surface area contributed by atoms with Gasteiger partial charge in [0, 0.05) is 36.4 Å². The zero-order valence-electron chi connectivity index (χ0n) is 19.1. The highest BCUT2D eigenvalue weighted by Gasteiger charge is 2.12. The van der Waals surface area contributed by atoms with Gasteiger partial charge < -0.3 is 23.7 Å². The van der Waals surface area contributed by atoms with Crippen molar-refractivity contribution in [1.29, 1.82) is 0 Å². The predicted octanol–water partition coefficient (Wildman–Crippen LogP) is 4.14. The van der Waals surface area contributed by atoms with Crippen LogP contribution in [0.15, 0.2) is 93.1 Å². The van der Waals surface area contributed by atoms with Crippen LogP contribution in [-0.2, 0) is 19.2 Å². The van der Waals surface area contributed by atoms with Gasteiger partial charge in [-0.1, -0.05) is 32.4 Å². The van der Waals surface area contributed by atoms with Crippen LogP contribution in [0.3, 0.4) is 0 Å². The summed E-state index contributed by atoms with van der Waals surface area (Å²) in [5, 5.41) is 0. The molecule has 0 aliphatic carbocycles. The van der Waals surface area contributed by atoms with E-state index in [0.717, 1.165) is 24.3 Å². The maximum absolute atomic E-state index is 11.7. The van der Waals surface area contributed by atoms with Crippen molar-refractivity contribution in [2.45, 2.75) is 0 Å². The van der Waals surface area contributed by atoms with Gasteiger partial charge in [-0.2, -0.15) is 0 Å². The number of carbonyl (C=O) groups is 4. The number of hydrogen-bond acceptors (Lipinski definition) is 9. The van der Waals surface area contributed by atoms with Crippen LogP contribution in [0.4, 0.5) is 0 Å². The molecule has 0 amide bonds. The SMILES string of the molecule is C=CC(=O)Oc1cc(/C=C/COc2ccc(OC(=O)C=C)cc2OC(=O)C=C)cc(OC(=O)C=C)c1. The van der Waals surface area contributed by atoms with Crippen LogP contribution < -0.4 is 23.7 Å². The summed E-state index contributed by atoms with van der Waals surface area (Å²) in [7, 11) is 0. The number of rotatable bonds is 12. The van der Waals surface area contributed by atoms with E-state index in [2.05, 4.69) is 26.3 Å². The number of esters is 4. The summed E-state index contributed by atoms with van der Waals surface area (Å²) in [5.41, 5.74) is 0.518. The number of benzene rings is 2. The molecular weight excluding hydrogens is 468 g/mol. The van der Waals surface area contributed by atoms with Crippen molar-refractivity contribution < 1.29 is 42.9 Å². The van der Waals surface area contributed by atoms with Gasteiger partial charge in [0.2, 0.25) is 0 Å². The lowest BCUT2D eigenvalue weighted by molar-refractivity contribution is -0.130. The minimum atomic E-state index is -0.741. The van der Waals surface area contributed by atoms with E-state index in [9.17, 15) is 19.2 Å². The lowest BCUT2D eigenvalue weighted by Crippen LogP contribution is -2.07. The Morgan fingerprint density at radius 1 is 0.611 bits per heavy atom. The van der Waals surface area contributed by atoms with Crippen LogP contribution in [0.5, 0.6) is 28.7 Å². The fourth-order valence-electron chi connectivity index (χ4n) is 2.50. The smallest absolute Gasteiger partial charge is 0.335 e. The van der Waals surface area contributed by atoms with E-state index in [1.54, 1.807) is 12.2 Å². The largest absolute Gasteiger partial charge is 0.486 e. The monoisotopic (exact) mass is 490 g/mol. The molecule has 0 saturated carbocycles. The molecule has 0 aromatic heterocycles. The van der Waals surface area contributed by atoms with Gasteiger partial charge in [0.1, 0.15) is 23.9 Å². The lowest BCUT2D eigenvalue weighted by Gasteiger charge is -2.11. The van der Waals surface area contributed by atoms with E-state index in [-0.39, 0.29) is 35.4 Å². The topological polar surface area (TPSA) is 114 Å². The fourth-order valence-corrected chi connectivity index (χ4v) is 2.50. The minimum absolute atomic E-state index is 0.000351. The van der Waals surface area contributed by atoms with Gasteiger partial charge in [0.15, 0.2) is 11.5 Å². The van der Waals surface area contributed by atoms with E-state index in [4.69, 9.17) is 23.7 Å². The molecule has 9 heteroatoms. The second-order valence-electron chi connectivity index (χ2n) is 6.56. The molecule has 0 atom stereocenters. The van der Waals surface area contributed by atoms with Crippen LogP contribution in [0.25, 0.3) is 6.08 Å². The van der Waals surface area contributed by atoms with Gasteiger partial charge in [0.05, 0.1) is 0 Å². The quantitative estimate of drug-likeness (QED) is 0.246. The van der Waals surface area contributed by atoms with Crippen LogP contribution in [0.1, 0.15) is 5.56 Å². The first-order valence-corrected chi connectivity index (χ1v) is 10.2. The summed E-state index contributed by atoms with van der Waals surface area (Å²) >= 11 is 0. The van der Waals surface area contributed by atoms with Crippen LogP contribution in [0.2, 0.25) is 0 Å². The standard InChI is InChI=1S/C27H22O9/c1-5-24(28)33-19-11-12-22(23(17-19)36-27(31)8-4)32-13-9-10-18-14-20(34-25(29)6-2)16-21(15-18)35-26(30)7-3/h5-12,14-17H,1-4,13H2/b10-9+. The zero-order valence-corrected chi connectivity index (χ0v) is 19.1. The summed E-state index contributed by atoms with van der Waals surface area (Å²) in [6, 6.07) is 8.63. The number of carbonyl (C=O) groups excluding carboxylic acids is 4. The first-order chi connectivity index (χ1) is 17.3. The lowest BCUT2D eigenvalue weighted by atomic mass is 10.2. The minimum Gasteiger partial charge on any atom is -0.486 e. The molecule has 2 rings (SSSR count). The third kappa shape index (κ3) is 8.64. The van der Waals surface area contributed by atoms with E-state index in [0.29, 0.717) is 5.56 Å². The van der Waals surface area contributed by atoms with Crippen molar-refractivity contribution in [2.75, 3.05) is 6.61 Å². The van der Waals surface area contributed by atoms with E-state index in [1.165, 1.54) is 36.4 Å². The zero-order chi connectivity index (χ0) is 26.5. The van der Waals surface area contributed by atoms with Crippen LogP contribution in [0, 0.1) is 0 Å². The van der Waals surface area contributed by atoms with Crippen molar-refractivity contribution in [3.63, 3.8) is 0 Å². The molecule has 9 nitrogen and oxygen atoms in total. The Balaban J connectivity index is 2.21. The number of hydrogen-bond donors (Lipinski definition) is 0. The fraction of sp³-hybridized carbons (Fsp3) is 0.0370. The molecule has 36 heavy (non-hydrogen) atoms. The molecule has 2 aromatic carbocycles. The van der Waals surface area contributed by atoms with Crippen molar-refractivity contribution in [3.8, 4) is 28.7 Å². The molecule has 0 spiro atoms. The summed E-state index contributed by atoms with van der Waals surface area (Å²) in [6.45, 7) is 13.4. The molecule has 2 aromatic rings. The average molecular weight is 490 g/mol. The van der Waals surface area contributed by atoms with Crippen molar-refractivity contribution in [1.82, 2.24) is 0 Å². The molecule has 0 heterocycles. The Bertz CT molecular complexity index is 1200. The third-order valence-electron chi connectivity index (χ3n) is 4.00. The summed E-state index contributed by atoms with van der Waals surface area (Å²) in [6.07, 6.45) is 7.17. The molecule has 0 aliphatic heterocycles. The Hall–Kier alpha value is -5.18. The first-order valence-electron chi connectivity index (χ1n) is 10.2. The summed E-state index contributed by atoms with van der Waals surface area (Å²) in [4.78, 5) is 46.2. The molecular formula is C27H22O9. The second-order valence-corrected chi connectivity index (χ2v) is 6.56. The predicted molar refractivity (Wildman–Crippen MR) is 131 cm³/mol. The highest BCUT2D eigenvalue weighted by atomic mass is 16.6. The van der Waals surface area contributed by atoms with Crippen LogP contribution in [-0.4, -0.2) is 30.5 Å². The molecule has 0 unspecified atom stereocenters. The Labute approximate surface area is 207 Å². The average Bonchev–Trinajstić information content (AvgIpc) is 2.87. The highest BCUT2D eigenvalue weighted by Crippen LogP contribution is 2.32. The molecule has 0 fully saturated rings. The maximum atomic E-state index is 11.7. The van der Waals surface area contributed by atoms with Gasteiger partial charge in [-0.15, -0.1) is 0 Å². The Morgan fingerprint density at radius 2 is 1.11 bits per heavy atom. The third-order valence-corrected chi connectivity index (χ3v) is 4.00. The van der Waals surface area contributed by atoms with Gasteiger partial charge >= 0.3 is 23.9 Å². The van der Waals surface area contributed by atoms with Gasteiger partial charge in [0.25, 0.3) is 0 Å². The molecule has 0 N–H and O–H groups in total. The molecule has 0 aliphatic rings.